The van der Waals surface area contributed by atoms with Gasteiger partial charge in [-0.1, -0.05) is 26.0 Å². The van der Waals surface area contributed by atoms with Gasteiger partial charge in [-0.3, -0.25) is 14.6 Å². The van der Waals surface area contributed by atoms with Gasteiger partial charge < -0.3 is 19.6 Å². The molecule has 0 aliphatic carbocycles. The molecule has 1 amide bonds. The molecule has 0 saturated carbocycles. The van der Waals surface area contributed by atoms with Crippen LogP contribution in [0.1, 0.15) is 48.1 Å². The highest BCUT2D eigenvalue weighted by Gasteiger charge is 2.46. The maximum Gasteiger partial charge on any atom is 0.295 e. The summed E-state index contributed by atoms with van der Waals surface area (Å²) in [6, 6.07) is 15.9. The minimum absolute atomic E-state index is 0.0755. The molecule has 4 rings (SSSR count). The molecule has 2 heterocycles. The summed E-state index contributed by atoms with van der Waals surface area (Å²) < 4.78 is 5.47. The van der Waals surface area contributed by atoms with Crippen LogP contribution in [0.25, 0.3) is 5.76 Å². The number of carbonyl (C=O) groups is 2. The molecule has 1 fully saturated rings. The summed E-state index contributed by atoms with van der Waals surface area (Å²) in [6.45, 7) is 4.27. The van der Waals surface area contributed by atoms with E-state index in [4.69, 9.17) is 4.74 Å². The second kappa shape index (κ2) is 10.2. The van der Waals surface area contributed by atoms with Crippen LogP contribution in [-0.4, -0.2) is 47.9 Å². The number of ketones is 1. The van der Waals surface area contributed by atoms with E-state index < -0.39 is 17.7 Å². The number of aliphatic hydroxyl groups excluding tert-OH is 1. The highest BCUT2D eigenvalue weighted by atomic mass is 16.5. The number of amides is 1. The summed E-state index contributed by atoms with van der Waals surface area (Å²) in [5.74, 6) is -0.707. The largest absolute Gasteiger partial charge is 0.507 e. The number of benzene rings is 2. The number of aliphatic hydroxyl groups is 1. The van der Waals surface area contributed by atoms with E-state index >= 15 is 0 Å². The predicted molar refractivity (Wildman–Crippen MR) is 140 cm³/mol. The molecule has 1 aliphatic rings. The molecule has 7 heteroatoms. The molecular weight excluding hydrogens is 454 g/mol. The average Bonchev–Trinajstić information content (AvgIpc) is 3.13. The Hall–Kier alpha value is -4.13. The highest BCUT2D eigenvalue weighted by Crippen LogP contribution is 2.41. The lowest BCUT2D eigenvalue weighted by Crippen LogP contribution is -2.29. The first kappa shape index (κ1) is 25.0. The highest BCUT2D eigenvalue weighted by molar-refractivity contribution is 6.46. The van der Waals surface area contributed by atoms with Crippen molar-refractivity contribution in [1.82, 2.24) is 9.88 Å². The summed E-state index contributed by atoms with van der Waals surface area (Å²) in [4.78, 5) is 34.2. The molecule has 2 aromatic carbocycles. The fourth-order valence-electron chi connectivity index (χ4n) is 4.52. The Morgan fingerprint density at radius 3 is 2.31 bits per heavy atom. The number of methoxy groups -OCH3 is 1. The van der Waals surface area contributed by atoms with E-state index in [1.807, 2.05) is 75.3 Å². The molecule has 0 bridgehead atoms. The third-order valence-electron chi connectivity index (χ3n) is 6.49. The predicted octanol–water partition coefficient (Wildman–Crippen LogP) is 4.90. The number of anilines is 1. The number of carbonyl (C=O) groups excluding carboxylic acids is 2. The molecule has 186 valence electrons. The van der Waals surface area contributed by atoms with Crippen LogP contribution in [0, 0.1) is 0 Å². The van der Waals surface area contributed by atoms with E-state index in [1.54, 1.807) is 31.6 Å². The number of likely N-dealkylation sites (tertiary alicyclic amines) is 1. The molecule has 1 atom stereocenters. The number of hydrogen-bond donors (Lipinski definition) is 1. The summed E-state index contributed by atoms with van der Waals surface area (Å²) in [5.41, 5.74) is 4.02. The van der Waals surface area contributed by atoms with Gasteiger partial charge in [-0.25, -0.2) is 0 Å². The smallest absolute Gasteiger partial charge is 0.295 e. The third-order valence-corrected chi connectivity index (χ3v) is 6.49. The normalized spacial score (nSPS) is 17.1. The van der Waals surface area contributed by atoms with Crippen molar-refractivity contribution in [2.45, 2.75) is 32.4 Å². The Morgan fingerprint density at radius 2 is 1.72 bits per heavy atom. The molecule has 1 saturated heterocycles. The molecule has 1 unspecified atom stereocenters. The standard InChI is InChI=1S/C29H31N3O4/c1-18(2)23-16-21(8-11-24(23)36-5)27(33)25-26(20-6-9-22(10-7-20)31(3)4)32(29(35)28(25)34)17-19-12-14-30-15-13-19/h6-16,18,26,33H,17H2,1-5H3/b27-25-. The van der Waals surface area contributed by atoms with Crippen LogP contribution in [0.3, 0.4) is 0 Å². The Kier molecular flexibility index (Phi) is 7.10. The zero-order chi connectivity index (χ0) is 26.0. The number of hydrogen-bond acceptors (Lipinski definition) is 6. The summed E-state index contributed by atoms with van der Waals surface area (Å²) in [5, 5.41) is 11.5. The van der Waals surface area contributed by atoms with Gasteiger partial charge in [0, 0.05) is 44.3 Å². The zero-order valence-corrected chi connectivity index (χ0v) is 21.2. The maximum absolute atomic E-state index is 13.4. The Balaban J connectivity index is 1.87. The van der Waals surface area contributed by atoms with Crippen molar-refractivity contribution >= 4 is 23.1 Å². The van der Waals surface area contributed by atoms with E-state index in [1.165, 1.54) is 4.90 Å². The van der Waals surface area contributed by atoms with Crippen molar-refractivity contribution in [1.29, 1.82) is 0 Å². The van der Waals surface area contributed by atoms with Crippen molar-refractivity contribution in [3.05, 3.63) is 94.8 Å². The van der Waals surface area contributed by atoms with E-state index in [9.17, 15) is 14.7 Å². The lowest BCUT2D eigenvalue weighted by molar-refractivity contribution is -0.140. The van der Waals surface area contributed by atoms with Crippen LogP contribution in [0.5, 0.6) is 5.75 Å². The molecule has 3 aromatic rings. The first-order valence-electron chi connectivity index (χ1n) is 11.9. The van der Waals surface area contributed by atoms with Gasteiger partial charge in [0.15, 0.2) is 0 Å². The van der Waals surface area contributed by atoms with Crippen LogP contribution in [0.2, 0.25) is 0 Å². The Morgan fingerprint density at radius 1 is 1.06 bits per heavy atom. The van der Waals surface area contributed by atoms with E-state index in [2.05, 4.69) is 4.98 Å². The van der Waals surface area contributed by atoms with Gasteiger partial charge in [-0.15, -0.1) is 0 Å². The van der Waals surface area contributed by atoms with Crippen LogP contribution in [0.4, 0.5) is 5.69 Å². The number of pyridine rings is 1. The molecule has 1 aliphatic heterocycles. The molecular formula is C29H31N3O4. The van der Waals surface area contributed by atoms with E-state index in [0.717, 1.165) is 22.4 Å². The van der Waals surface area contributed by atoms with E-state index in [0.29, 0.717) is 11.3 Å². The molecule has 0 spiro atoms. The first-order chi connectivity index (χ1) is 17.2. The van der Waals surface area contributed by atoms with Crippen molar-refractivity contribution in [2.75, 3.05) is 26.1 Å². The summed E-state index contributed by atoms with van der Waals surface area (Å²) >= 11 is 0. The van der Waals surface area contributed by atoms with Crippen molar-refractivity contribution in [2.24, 2.45) is 0 Å². The fourth-order valence-corrected chi connectivity index (χ4v) is 4.52. The van der Waals surface area contributed by atoms with Crippen LogP contribution in [-0.2, 0) is 16.1 Å². The molecule has 1 aromatic heterocycles. The van der Waals surface area contributed by atoms with Gasteiger partial charge in [0.25, 0.3) is 11.7 Å². The maximum atomic E-state index is 13.4. The van der Waals surface area contributed by atoms with Crippen LogP contribution >= 0.6 is 0 Å². The van der Waals surface area contributed by atoms with Crippen LogP contribution < -0.4 is 9.64 Å². The second-order valence-corrected chi connectivity index (χ2v) is 9.38. The molecule has 36 heavy (non-hydrogen) atoms. The average molecular weight is 486 g/mol. The number of rotatable bonds is 7. The first-order valence-corrected chi connectivity index (χ1v) is 11.9. The number of ether oxygens (including phenoxy) is 1. The lowest BCUT2D eigenvalue weighted by Gasteiger charge is -2.26. The van der Waals surface area contributed by atoms with Gasteiger partial charge in [0.2, 0.25) is 0 Å². The number of aromatic nitrogens is 1. The fraction of sp³-hybridized carbons (Fsp3) is 0.276. The van der Waals surface area contributed by atoms with Gasteiger partial charge in [-0.2, -0.15) is 0 Å². The Bertz CT molecular complexity index is 1300. The van der Waals surface area contributed by atoms with Crippen molar-refractivity contribution in [3.63, 3.8) is 0 Å². The lowest BCUT2D eigenvalue weighted by atomic mass is 9.93. The van der Waals surface area contributed by atoms with Crippen molar-refractivity contribution < 1.29 is 19.4 Å². The zero-order valence-electron chi connectivity index (χ0n) is 21.2. The van der Waals surface area contributed by atoms with Crippen molar-refractivity contribution in [3.8, 4) is 5.75 Å². The van der Waals surface area contributed by atoms with Gasteiger partial charge in [0.1, 0.15) is 11.5 Å². The van der Waals surface area contributed by atoms with E-state index in [-0.39, 0.29) is 23.8 Å². The topological polar surface area (TPSA) is 83.0 Å². The minimum Gasteiger partial charge on any atom is -0.507 e. The summed E-state index contributed by atoms with van der Waals surface area (Å²) in [6.07, 6.45) is 3.30. The van der Waals surface area contributed by atoms with Gasteiger partial charge in [0.05, 0.1) is 18.7 Å². The minimum atomic E-state index is -0.737. The number of Topliss-reactive ketones (excluding diaryl/α,β-unsaturated/α-hetero) is 1. The third kappa shape index (κ3) is 4.69. The van der Waals surface area contributed by atoms with Gasteiger partial charge in [-0.05, 0) is 65.1 Å². The van der Waals surface area contributed by atoms with Crippen LogP contribution in [0.15, 0.2) is 72.6 Å². The molecule has 1 N–H and O–H groups in total. The quantitative estimate of drug-likeness (QED) is 0.291. The monoisotopic (exact) mass is 485 g/mol. The van der Waals surface area contributed by atoms with Gasteiger partial charge >= 0.3 is 0 Å². The summed E-state index contributed by atoms with van der Waals surface area (Å²) in [7, 11) is 5.49. The Labute approximate surface area is 211 Å². The SMILES string of the molecule is COc1ccc(/C(O)=C2/C(=O)C(=O)N(Cc3ccncc3)C2c2ccc(N(C)C)cc2)cc1C(C)C. The molecule has 7 nitrogen and oxygen atoms in total. The number of nitrogens with zero attached hydrogens (tertiary/aromatic N) is 3. The molecule has 0 radical (unpaired) electrons. The second-order valence-electron chi connectivity index (χ2n) is 9.38.